The fraction of sp³-hybridized carbons (Fsp3) is 0.316. The molecule has 0 amide bonds. The van der Waals surface area contributed by atoms with Crippen LogP contribution in [0.1, 0.15) is 13.8 Å². The Morgan fingerprint density at radius 2 is 1.88 bits per heavy atom. The zero-order valence-electron chi connectivity index (χ0n) is 14.5. The van der Waals surface area contributed by atoms with Crippen LogP contribution < -0.4 is 4.74 Å². The van der Waals surface area contributed by atoms with E-state index in [1.165, 1.54) is 0 Å². The highest BCUT2D eigenvalue weighted by Gasteiger charge is 2.12. The molecule has 4 nitrogen and oxygen atoms in total. The molecule has 0 bridgehead atoms. The Morgan fingerprint density at radius 3 is 2.62 bits per heavy atom. The number of fused-ring (bicyclic) bond motifs is 1. The molecule has 0 saturated carbocycles. The van der Waals surface area contributed by atoms with Crippen LogP contribution in [0.4, 0.5) is 0 Å². The van der Waals surface area contributed by atoms with Crippen LogP contribution in [0.5, 0.6) is 5.75 Å². The Bertz CT molecular complexity index is 799. The van der Waals surface area contributed by atoms with Crippen molar-refractivity contribution in [3.63, 3.8) is 0 Å². The van der Waals surface area contributed by atoms with Gasteiger partial charge in [0.05, 0.1) is 24.0 Å². The van der Waals surface area contributed by atoms with E-state index in [1.807, 2.05) is 51.2 Å². The van der Waals surface area contributed by atoms with Crippen LogP contribution in [0.2, 0.25) is 5.15 Å². The van der Waals surface area contributed by atoms with Crippen molar-refractivity contribution < 1.29 is 9.47 Å². The number of hydrogen-bond acceptors (Lipinski definition) is 3. The Balaban J connectivity index is 0.00000100. The number of methoxy groups -OCH3 is 1. The lowest BCUT2D eigenvalue weighted by Gasteiger charge is -2.12. The van der Waals surface area contributed by atoms with E-state index in [2.05, 4.69) is 15.6 Å². The summed E-state index contributed by atoms with van der Waals surface area (Å²) in [5.74, 6) is 0.838. The molecule has 0 radical (unpaired) electrons. The molecule has 0 spiro atoms. The lowest BCUT2D eigenvalue weighted by molar-refractivity contribution is 0.146. The van der Waals surface area contributed by atoms with Crippen molar-refractivity contribution in [3.8, 4) is 17.0 Å². The molecule has 5 heteroatoms. The molecule has 0 fully saturated rings. The summed E-state index contributed by atoms with van der Waals surface area (Å²) in [5.41, 5.74) is 3.13. The highest BCUT2D eigenvalue weighted by Crippen LogP contribution is 2.33. The topological polar surface area (TPSA) is 36.3 Å². The van der Waals surface area contributed by atoms with E-state index in [9.17, 15) is 0 Å². The fourth-order valence-electron chi connectivity index (χ4n) is 2.50. The largest absolute Gasteiger partial charge is 0.490 e. The van der Waals surface area contributed by atoms with Gasteiger partial charge in [0.2, 0.25) is 0 Å². The molecule has 2 aromatic heterocycles. The zero-order chi connectivity index (χ0) is 17.5. The number of aromatic nitrogens is 2. The molecule has 0 atom stereocenters. The number of rotatable bonds is 5. The molecule has 24 heavy (non-hydrogen) atoms. The smallest absolute Gasteiger partial charge is 0.129 e. The van der Waals surface area contributed by atoms with Crippen LogP contribution in [0.3, 0.4) is 0 Å². The van der Waals surface area contributed by atoms with E-state index in [1.54, 1.807) is 13.3 Å². The van der Waals surface area contributed by atoms with E-state index >= 15 is 0 Å². The molecule has 2 heterocycles. The van der Waals surface area contributed by atoms with E-state index in [4.69, 9.17) is 21.1 Å². The molecule has 0 aliphatic rings. The Morgan fingerprint density at radius 1 is 1.12 bits per heavy atom. The third-order valence-electron chi connectivity index (χ3n) is 3.60. The maximum absolute atomic E-state index is 5.98. The fourth-order valence-corrected chi connectivity index (χ4v) is 2.67. The average molecular weight is 347 g/mol. The molecule has 0 unspecified atom stereocenters. The highest BCUT2D eigenvalue weighted by atomic mass is 35.5. The minimum Gasteiger partial charge on any atom is -0.490 e. The minimum absolute atomic E-state index is 0.495. The standard InChI is InChI=1S/C17H17ClN2O2.C2H6/c1-20-14(9-12-10-17(18)19-11-15(12)20)13-5-3-4-6-16(13)22-8-7-21-2;1-2/h3-6,9-11H,7-8H2,1-2H3;1-2H3. The van der Waals surface area contributed by atoms with E-state index in [-0.39, 0.29) is 0 Å². The number of halogens is 1. The van der Waals surface area contributed by atoms with Gasteiger partial charge in [-0.2, -0.15) is 0 Å². The molecule has 0 N–H and O–H groups in total. The minimum atomic E-state index is 0.495. The van der Waals surface area contributed by atoms with Crippen LogP contribution in [-0.4, -0.2) is 29.9 Å². The normalized spacial score (nSPS) is 10.4. The Hall–Kier alpha value is -2.04. The van der Waals surface area contributed by atoms with E-state index in [0.29, 0.717) is 18.4 Å². The first kappa shape index (κ1) is 18.3. The van der Waals surface area contributed by atoms with Gasteiger partial charge in [0.1, 0.15) is 17.5 Å². The van der Waals surface area contributed by atoms with Gasteiger partial charge in [0, 0.05) is 25.1 Å². The van der Waals surface area contributed by atoms with Crippen molar-refractivity contribution in [1.82, 2.24) is 9.55 Å². The molecular formula is C19H23ClN2O2. The number of benzene rings is 1. The lowest BCUT2D eigenvalue weighted by atomic mass is 10.1. The van der Waals surface area contributed by atoms with Crippen molar-refractivity contribution in [3.05, 3.63) is 47.7 Å². The number of hydrogen-bond donors (Lipinski definition) is 0. The Kier molecular flexibility index (Phi) is 6.64. The summed E-state index contributed by atoms with van der Waals surface area (Å²) in [7, 11) is 3.68. The van der Waals surface area contributed by atoms with Crippen molar-refractivity contribution >= 4 is 22.5 Å². The quantitative estimate of drug-likeness (QED) is 0.484. The molecule has 3 aromatic rings. The summed E-state index contributed by atoms with van der Waals surface area (Å²) in [6.45, 7) is 5.08. The number of ether oxygens (including phenoxy) is 2. The first-order chi connectivity index (χ1) is 11.7. The van der Waals surface area contributed by atoms with Gasteiger partial charge in [-0.3, -0.25) is 0 Å². The lowest BCUT2D eigenvalue weighted by Crippen LogP contribution is -2.05. The third kappa shape index (κ3) is 3.89. The maximum atomic E-state index is 5.98. The highest BCUT2D eigenvalue weighted by molar-refractivity contribution is 6.30. The molecule has 0 aliphatic heterocycles. The molecular weight excluding hydrogens is 324 g/mol. The van der Waals surface area contributed by atoms with Crippen LogP contribution in [0, 0.1) is 0 Å². The van der Waals surface area contributed by atoms with Crippen LogP contribution in [0.15, 0.2) is 42.6 Å². The number of pyridine rings is 1. The van der Waals surface area contributed by atoms with Crippen molar-refractivity contribution in [2.45, 2.75) is 13.8 Å². The van der Waals surface area contributed by atoms with Gasteiger partial charge in [-0.25, -0.2) is 4.98 Å². The van der Waals surface area contributed by atoms with Gasteiger partial charge in [0.15, 0.2) is 0 Å². The summed E-state index contributed by atoms with van der Waals surface area (Å²) in [6.07, 6.45) is 1.79. The van der Waals surface area contributed by atoms with Crippen LogP contribution in [-0.2, 0) is 11.8 Å². The molecule has 1 aromatic carbocycles. The van der Waals surface area contributed by atoms with E-state index in [0.717, 1.165) is 27.9 Å². The second kappa shape index (κ2) is 8.71. The summed E-state index contributed by atoms with van der Waals surface area (Å²) in [5, 5.41) is 1.55. The predicted octanol–water partition coefficient (Wildman–Crippen LogP) is 4.95. The molecule has 0 aliphatic carbocycles. The predicted molar refractivity (Wildman–Crippen MR) is 99.9 cm³/mol. The summed E-state index contributed by atoms with van der Waals surface area (Å²) in [6, 6.07) is 11.9. The van der Waals surface area contributed by atoms with Gasteiger partial charge in [0.25, 0.3) is 0 Å². The van der Waals surface area contributed by atoms with Gasteiger partial charge < -0.3 is 14.0 Å². The van der Waals surface area contributed by atoms with Gasteiger partial charge in [-0.05, 0) is 24.3 Å². The molecule has 0 saturated heterocycles. The molecule has 3 rings (SSSR count). The number of nitrogens with zero attached hydrogens (tertiary/aromatic N) is 2. The average Bonchev–Trinajstić information content (AvgIpc) is 2.93. The number of aryl methyl sites for hydroxylation is 1. The van der Waals surface area contributed by atoms with Crippen molar-refractivity contribution in [2.75, 3.05) is 20.3 Å². The maximum Gasteiger partial charge on any atom is 0.129 e. The van der Waals surface area contributed by atoms with Crippen molar-refractivity contribution in [1.29, 1.82) is 0 Å². The first-order valence-corrected chi connectivity index (χ1v) is 8.40. The zero-order valence-corrected chi connectivity index (χ0v) is 15.3. The summed E-state index contributed by atoms with van der Waals surface area (Å²) in [4.78, 5) is 4.16. The third-order valence-corrected chi connectivity index (χ3v) is 3.81. The Labute approximate surface area is 148 Å². The second-order valence-electron chi connectivity index (χ2n) is 4.99. The number of para-hydroxylation sites is 1. The summed E-state index contributed by atoms with van der Waals surface area (Å²) >= 11 is 5.98. The SMILES string of the molecule is CC.COCCOc1ccccc1-c1cc2cc(Cl)ncc2n1C. The summed E-state index contributed by atoms with van der Waals surface area (Å²) < 4.78 is 13.0. The van der Waals surface area contributed by atoms with E-state index < -0.39 is 0 Å². The van der Waals surface area contributed by atoms with Gasteiger partial charge in [-0.1, -0.05) is 37.6 Å². The van der Waals surface area contributed by atoms with Crippen LogP contribution >= 0.6 is 11.6 Å². The van der Waals surface area contributed by atoms with Gasteiger partial charge in [-0.15, -0.1) is 0 Å². The van der Waals surface area contributed by atoms with Gasteiger partial charge >= 0.3 is 0 Å². The monoisotopic (exact) mass is 346 g/mol. The van der Waals surface area contributed by atoms with Crippen molar-refractivity contribution in [2.24, 2.45) is 7.05 Å². The molecule has 128 valence electrons. The second-order valence-corrected chi connectivity index (χ2v) is 5.38. The van der Waals surface area contributed by atoms with Crippen LogP contribution in [0.25, 0.3) is 22.2 Å². The first-order valence-electron chi connectivity index (χ1n) is 8.03.